The highest BCUT2D eigenvalue weighted by Crippen LogP contribution is 2.71. The zero-order valence-electron chi connectivity index (χ0n) is 23.6. The molecule has 2 aliphatic heterocycles. The summed E-state index contributed by atoms with van der Waals surface area (Å²) in [5.74, 6) is 1.97. The molecule has 0 aromatic heterocycles. The van der Waals surface area contributed by atoms with E-state index in [-0.39, 0.29) is 35.0 Å². The number of fused-ring (bicyclic) bond motifs is 7. The summed E-state index contributed by atoms with van der Waals surface area (Å²) in [6.45, 7) is 12.8. The maximum absolute atomic E-state index is 11.6. The topological polar surface area (TPSA) is 71.1 Å². The van der Waals surface area contributed by atoms with Crippen LogP contribution < -0.4 is 0 Å². The predicted octanol–water partition coefficient (Wildman–Crippen LogP) is 5.97. The van der Waals surface area contributed by atoms with Gasteiger partial charge in [0, 0.05) is 32.6 Å². The molecule has 0 bridgehead atoms. The Balaban J connectivity index is 1.20. The van der Waals surface area contributed by atoms with Crippen molar-refractivity contribution in [2.24, 2.45) is 40.4 Å². The van der Waals surface area contributed by atoms with Gasteiger partial charge in [-0.1, -0.05) is 32.4 Å². The summed E-state index contributed by atoms with van der Waals surface area (Å²) >= 11 is 0. The van der Waals surface area contributed by atoms with Gasteiger partial charge in [-0.05, 0) is 86.4 Å². The van der Waals surface area contributed by atoms with Crippen LogP contribution in [0, 0.1) is 40.4 Å². The average molecular weight is 515 g/mol. The second-order valence-corrected chi connectivity index (χ2v) is 14.1. The van der Waals surface area contributed by atoms with Crippen molar-refractivity contribution in [2.45, 2.75) is 123 Å². The number of ether oxygens (including phenoxy) is 4. The molecule has 2 saturated heterocycles. The van der Waals surface area contributed by atoms with Gasteiger partial charge in [0.2, 0.25) is 0 Å². The van der Waals surface area contributed by atoms with Gasteiger partial charge in [-0.25, -0.2) is 0 Å². The minimum absolute atomic E-state index is 0.0523. The first-order valence-corrected chi connectivity index (χ1v) is 14.8. The number of carbonyl (C=O) groups is 2. The molecule has 0 radical (unpaired) electrons. The van der Waals surface area contributed by atoms with E-state index in [1.54, 1.807) is 5.57 Å². The number of esters is 2. The largest absolute Gasteiger partial charge is 0.463 e. The fraction of sp³-hybridized carbons (Fsp3) is 0.871. The molecule has 37 heavy (non-hydrogen) atoms. The van der Waals surface area contributed by atoms with E-state index in [1.807, 2.05) is 0 Å². The maximum Gasteiger partial charge on any atom is 0.302 e. The van der Waals surface area contributed by atoms with Crippen LogP contribution in [0.1, 0.15) is 99.3 Å². The van der Waals surface area contributed by atoms with E-state index in [2.05, 4.69) is 33.8 Å². The number of rotatable bonds is 3. The first-order chi connectivity index (χ1) is 17.4. The Kier molecular flexibility index (Phi) is 5.97. The minimum Gasteiger partial charge on any atom is -0.463 e. The second-order valence-electron chi connectivity index (χ2n) is 14.1. The molecule has 0 aromatic carbocycles. The quantitative estimate of drug-likeness (QED) is 0.341. The maximum atomic E-state index is 11.6. The standard InChI is InChI=1S/C31H46O6/c1-18-27-26(36-31(18)14-13-28(4,37-31)17-34-19(2)32)16-25-23-8-7-21-15-22(35-20(3)33)9-11-29(21,5)24(23)10-12-30(25,27)6/h7,18,22-27H,8-17H2,1-6H3. The summed E-state index contributed by atoms with van der Waals surface area (Å²) < 4.78 is 24.6. The summed E-state index contributed by atoms with van der Waals surface area (Å²) in [6, 6.07) is 0. The highest BCUT2D eigenvalue weighted by Gasteiger charge is 2.70. The SMILES string of the molecule is CC(=O)OCC1(C)CCC2(OC3CC4C5CC=C6CC(OC(C)=O)CCC6(C)C5CCC4(C)C3C2C)O1. The molecule has 1 spiro atoms. The van der Waals surface area contributed by atoms with E-state index in [9.17, 15) is 9.59 Å². The van der Waals surface area contributed by atoms with Gasteiger partial charge >= 0.3 is 11.9 Å². The fourth-order valence-corrected chi connectivity index (χ4v) is 10.4. The lowest BCUT2D eigenvalue weighted by Gasteiger charge is -2.58. The summed E-state index contributed by atoms with van der Waals surface area (Å²) in [5, 5.41) is 0. The van der Waals surface area contributed by atoms with Crippen molar-refractivity contribution in [1.82, 2.24) is 0 Å². The zero-order valence-corrected chi connectivity index (χ0v) is 23.6. The Morgan fingerprint density at radius 2 is 1.81 bits per heavy atom. The van der Waals surface area contributed by atoms with Gasteiger partial charge in [-0.2, -0.15) is 0 Å². The lowest BCUT2D eigenvalue weighted by Crippen LogP contribution is -2.52. The zero-order chi connectivity index (χ0) is 26.4. The highest BCUT2D eigenvalue weighted by atomic mass is 16.7. The molecule has 0 N–H and O–H groups in total. The van der Waals surface area contributed by atoms with Gasteiger partial charge in [0.05, 0.1) is 6.10 Å². The first kappa shape index (κ1) is 25.9. The van der Waals surface area contributed by atoms with E-state index < -0.39 is 11.4 Å². The molecule has 3 saturated carbocycles. The van der Waals surface area contributed by atoms with Crippen molar-refractivity contribution in [3.63, 3.8) is 0 Å². The second kappa shape index (κ2) is 8.55. The Bertz CT molecular complexity index is 1010. The third-order valence-corrected chi connectivity index (χ3v) is 12.1. The van der Waals surface area contributed by atoms with Crippen molar-refractivity contribution < 1.29 is 28.5 Å². The molecular formula is C31H46O6. The molecule has 0 amide bonds. The average Bonchev–Trinajstić information content (AvgIpc) is 3.41. The Morgan fingerprint density at radius 1 is 1.03 bits per heavy atom. The van der Waals surface area contributed by atoms with Crippen molar-refractivity contribution in [3.8, 4) is 0 Å². The summed E-state index contributed by atoms with van der Waals surface area (Å²) in [5.41, 5.74) is 1.58. The van der Waals surface area contributed by atoms with Crippen LogP contribution in [0.2, 0.25) is 0 Å². The van der Waals surface area contributed by atoms with E-state index in [4.69, 9.17) is 18.9 Å². The predicted molar refractivity (Wildman–Crippen MR) is 138 cm³/mol. The van der Waals surface area contributed by atoms with E-state index in [1.165, 1.54) is 26.7 Å². The number of allylic oxidation sites excluding steroid dienone is 1. The molecule has 6 heteroatoms. The third kappa shape index (κ3) is 3.86. The molecule has 206 valence electrons. The van der Waals surface area contributed by atoms with Crippen LogP contribution in [0.3, 0.4) is 0 Å². The molecule has 6 rings (SSSR count). The Morgan fingerprint density at radius 3 is 2.54 bits per heavy atom. The van der Waals surface area contributed by atoms with Crippen LogP contribution in [0.25, 0.3) is 0 Å². The van der Waals surface area contributed by atoms with E-state index in [0.717, 1.165) is 44.9 Å². The van der Waals surface area contributed by atoms with Gasteiger partial charge in [0.1, 0.15) is 18.3 Å². The van der Waals surface area contributed by atoms with Crippen LogP contribution >= 0.6 is 0 Å². The lowest BCUT2D eigenvalue weighted by atomic mass is 9.47. The highest BCUT2D eigenvalue weighted by molar-refractivity contribution is 5.66. The Labute approximate surface area is 222 Å². The van der Waals surface area contributed by atoms with Gasteiger partial charge in [0.15, 0.2) is 5.79 Å². The Hall–Kier alpha value is -1.40. The van der Waals surface area contributed by atoms with Crippen LogP contribution in [0.4, 0.5) is 0 Å². The van der Waals surface area contributed by atoms with E-state index in [0.29, 0.717) is 36.2 Å². The summed E-state index contributed by atoms with van der Waals surface area (Å²) in [7, 11) is 0. The van der Waals surface area contributed by atoms with Crippen molar-refractivity contribution in [1.29, 1.82) is 0 Å². The summed E-state index contributed by atoms with van der Waals surface area (Å²) in [4.78, 5) is 23.0. The molecule has 0 aromatic rings. The minimum atomic E-state index is -0.546. The fourth-order valence-electron chi connectivity index (χ4n) is 10.4. The molecule has 6 nitrogen and oxygen atoms in total. The molecule has 2 heterocycles. The molecule has 6 aliphatic rings. The van der Waals surface area contributed by atoms with Crippen LogP contribution in [-0.2, 0) is 28.5 Å². The van der Waals surface area contributed by atoms with Crippen LogP contribution in [0.5, 0.6) is 0 Å². The van der Waals surface area contributed by atoms with Crippen molar-refractivity contribution in [2.75, 3.05) is 6.61 Å². The number of hydrogen-bond acceptors (Lipinski definition) is 6. The number of carbonyl (C=O) groups excluding carboxylic acids is 2. The monoisotopic (exact) mass is 514 g/mol. The van der Waals surface area contributed by atoms with Gasteiger partial charge in [-0.3, -0.25) is 9.59 Å². The van der Waals surface area contributed by atoms with Crippen molar-refractivity contribution in [3.05, 3.63) is 11.6 Å². The van der Waals surface area contributed by atoms with Gasteiger partial charge < -0.3 is 18.9 Å². The lowest BCUT2D eigenvalue weighted by molar-refractivity contribution is -0.263. The van der Waals surface area contributed by atoms with Crippen molar-refractivity contribution >= 4 is 11.9 Å². The molecule has 4 aliphatic carbocycles. The molecule has 5 fully saturated rings. The third-order valence-electron chi connectivity index (χ3n) is 12.1. The smallest absolute Gasteiger partial charge is 0.302 e. The van der Waals surface area contributed by atoms with Crippen LogP contribution in [0.15, 0.2) is 11.6 Å². The van der Waals surface area contributed by atoms with Gasteiger partial charge in [0.25, 0.3) is 0 Å². The first-order valence-electron chi connectivity index (χ1n) is 14.8. The summed E-state index contributed by atoms with van der Waals surface area (Å²) in [6.07, 6.45) is 12.4. The van der Waals surface area contributed by atoms with E-state index >= 15 is 0 Å². The number of hydrogen-bond donors (Lipinski definition) is 0. The van der Waals surface area contributed by atoms with Gasteiger partial charge in [-0.15, -0.1) is 0 Å². The molecular weight excluding hydrogens is 468 g/mol. The van der Waals surface area contributed by atoms with Crippen LogP contribution in [-0.4, -0.2) is 42.1 Å². The molecule has 11 unspecified atom stereocenters. The normalized spacial score (nSPS) is 52.1. The molecule has 11 atom stereocenters.